The number of rotatable bonds is 7. The highest BCUT2D eigenvalue weighted by atomic mass is 35.5. The van der Waals surface area contributed by atoms with E-state index in [2.05, 4.69) is 59.3 Å². The molecule has 5 nitrogen and oxygen atoms in total. The number of aromatic nitrogens is 1. The van der Waals surface area contributed by atoms with E-state index in [0.29, 0.717) is 0 Å². The van der Waals surface area contributed by atoms with Gasteiger partial charge in [-0.25, -0.2) is 13.6 Å². The second-order valence-corrected chi connectivity index (χ2v) is 8.79. The maximum absolute atomic E-state index is 11.3. The van der Waals surface area contributed by atoms with Crippen molar-refractivity contribution in [1.82, 2.24) is 9.88 Å². The summed E-state index contributed by atoms with van der Waals surface area (Å²) in [5.41, 5.74) is 4.87. The number of nitrogens with one attached hydrogen (secondary N) is 1. The first-order valence-corrected chi connectivity index (χ1v) is 11.3. The van der Waals surface area contributed by atoms with Crippen molar-refractivity contribution in [2.75, 3.05) is 6.54 Å². The highest BCUT2D eigenvalue weighted by molar-refractivity contribution is 7.89. The number of hydrogen-bond donors (Lipinski definition) is 2. The summed E-state index contributed by atoms with van der Waals surface area (Å²) in [4.78, 5) is 0.147. The van der Waals surface area contributed by atoms with Gasteiger partial charge in [-0.05, 0) is 61.3 Å². The molecule has 0 spiro atoms. The number of benzene rings is 3. The summed E-state index contributed by atoms with van der Waals surface area (Å²) in [5.74, 6) is 0. The first-order chi connectivity index (χ1) is 14.0. The predicted molar refractivity (Wildman–Crippen MR) is 118 cm³/mol. The van der Waals surface area contributed by atoms with E-state index >= 15 is 0 Å². The third-order valence-corrected chi connectivity index (χ3v) is 6.25. The van der Waals surface area contributed by atoms with Crippen LogP contribution in [0.3, 0.4) is 0 Å². The number of nitrogens with two attached hydrogens (primary N) is 1. The van der Waals surface area contributed by atoms with E-state index in [4.69, 9.17) is 5.14 Å². The van der Waals surface area contributed by atoms with Gasteiger partial charge in [0.2, 0.25) is 10.0 Å². The maximum Gasteiger partial charge on any atom is 0.238 e. The summed E-state index contributed by atoms with van der Waals surface area (Å²) in [5, 5.41) is 11.2. The fourth-order valence-corrected chi connectivity index (χ4v) is 4.38. The lowest BCUT2D eigenvalue weighted by atomic mass is 10.1. The SMILES string of the molecule is CCn1c2ccccc2c2cc(CNCCc3ccc(S(N)(=O)=O)cc3)ccc21.[Cl-]. The van der Waals surface area contributed by atoms with Gasteiger partial charge in [0, 0.05) is 34.9 Å². The Morgan fingerprint density at radius 1 is 0.900 bits per heavy atom. The Hall–Kier alpha value is -2.38. The summed E-state index contributed by atoms with van der Waals surface area (Å²) in [6.07, 6.45) is 0.822. The van der Waals surface area contributed by atoms with Gasteiger partial charge in [0.05, 0.1) is 4.90 Å². The van der Waals surface area contributed by atoms with Crippen molar-refractivity contribution in [2.24, 2.45) is 5.14 Å². The Balaban J connectivity index is 0.00000256. The average Bonchev–Trinajstić information content (AvgIpc) is 3.04. The molecule has 0 bridgehead atoms. The minimum absolute atomic E-state index is 0. The van der Waals surface area contributed by atoms with Crippen LogP contribution in [0.2, 0.25) is 0 Å². The summed E-state index contributed by atoms with van der Waals surface area (Å²) in [6.45, 7) is 4.73. The van der Waals surface area contributed by atoms with Crippen LogP contribution in [0, 0.1) is 0 Å². The van der Waals surface area contributed by atoms with Crippen LogP contribution in [0.25, 0.3) is 21.8 Å². The Morgan fingerprint density at radius 3 is 2.27 bits per heavy atom. The Bertz CT molecular complexity index is 1270. The van der Waals surface area contributed by atoms with Crippen molar-refractivity contribution < 1.29 is 20.8 Å². The Labute approximate surface area is 183 Å². The van der Waals surface area contributed by atoms with Gasteiger partial charge in [-0.15, -0.1) is 0 Å². The van der Waals surface area contributed by atoms with Gasteiger partial charge in [-0.2, -0.15) is 0 Å². The molecule has 0 fully saturated rings. The summed E-state index contributed by atoms with van der Waals surface area (Å²) in [6, 6.07) is 22.0. The third kappa shape index (κ3) is 4.52. The third-order valence-electron chi connectivity index (χ3n) is 5.32. The van der Waals surface area contributed by atoms with E-state index in [1.165, 1.54) is 27.4 Å². The van der Waals surface area contributed by atoms with E-state index in [0.717, 1.165) is 31.6 Å². The van der Waals surface area contributed by atoms with Crippen LogP contribution in [-0.2, 0) is 29.5 Å². The van der Waals surface area contributed by atoms with E-state index in [1.807, 2.05) is 12.1 Å². The van der Waals surface area contributed by atoms with Gasteiger partial charge in [-0.1, -0.05) is 36.4 Å². The molecule has 1 aromatic heterocycles. The van der Waals surface area contributed by atoms with Crippen molar-refractivity contribution in [3.05, 3.63) is 77.9 Å². The van der Waals surface area contributed by atoms with E-state index < -0.39 is 10.0 Å². The van der Waals surface area contributed by atoms with Crippen LogP contribution < -0.4 is 22.9 Å². The zero-order valence-corrected chi connectivity index (χ0v) is 18.4. The fourth-order valence-electron chi connectivity index (χ4n) is 3.86. The second kappa shape index (κ2) is 9.18. The zero-order chi connectivity index (χ0) is 20.4. The molecule has 0 amide bonds. The van der Waals surface area contributed by atoms with E-state index in [1.54, 1.807) is 12.1 Å². The molecule has 158 valence electrons. The largest absolute Gasteiger partial charge is 1.00 e. The molecule has 0 aliphatic carbocycles. The van der Waals surface area contributed by atoms with Gasteiger partial charge in [0.25, 0.3) is 0 Å². The molecule has 30 heavy (non-hydrogen) atoms. The smallest absolute Gasteiger partial charge is 0.238 e. The molecular weight excluding hydrogens is 418 g/mol. The minimum atomic E-state index is -3.63. The van der Waals surface area contributed by atoms with Crippen LogP contribution in [0.15, 0.2) is 71.6 Å². The summed E-state index contributed by atoms with van der Waals surface area (Å²) in [7, 11) is -3.63. The van der Waals surface area contributed by atoms with Crippen molar-refractivity contribution in [3.8, 4) is 0 Å². The van der Waals surface area contributed by atoms with Crippen LogP contribution in [0.4, 0.5) is 0 Å². The van der Waals surface area contributed by atoms with Gasteiger partial charge >= 0.3 is 0 Å². The molecule has 0 saturated heterocycles. The molecule has 0 aliphatic heterocycles. The first kappa shape index (κ1) is 22.3. The highest BCUT2D eigenvalue weighted by Gasteiger charge is 2.10. The van der Waals surface area contributed by atoms with Crippen molar-refractivity contribution >= 4 is 31.8 Å². The number of aryl methyl sites for hydroxylation is 1. The van der Waals surface area contributed by atoms with Gasteiger partial charge in [0.1, 0.15) is 0 Å². The highest BCUT2D eigenvalue weighted by Crippen LogP contribution is 2.29. The van der Waals surface area contributed by atoms with Gasteiger partial charge in [0.15, 0.2) is 0 Å². The van der Waals surface area contributed by atoms with Gasteiger partial charge < -0.3 is 22.3 Å². The predicted octanol–water partition coefficient (Wildman–Crippen LogP) is 0.798. The second-order valence-electron chi connectivity index (χ2n) is 7.23. The quantitative estimate of drug-likeness (QED) is 0.415. The average molecular weight is 443 g/mol. The minimum Gasteiger partial charge on any atom is -1.00 e. The lowest BCUT2D eigenvalue weighted by Crippen LogP contribution is -3.00. The van der Waals surface area contributed by atoms with Crippen LogP contribution in [0.1, 0.15) is 18.1 Å². The first-order valence-electron chi connectivity index (χ1n) is 9.79. The number of para-hydroxylation sites is 1. The molecule has 0 aliphatic rings. The number of sulfonamides is 1. The van der Waals surface area contributed by atoms with Crippen LogP contribution in [-0.4, -0.2) is 19.5 Å². The van der Waals surface area contributed by atoms with Gasteiger partial charge in [-0.3, -0.25) is 0 Å². The fraction of sp³-hybridized carbons (Fsp3) is 0.217. The topological polar surface area (TPSA) is 77.1 Å². The normalized spacial score (nSPS) is 11.7. The number of nitrogens with zero attached hydrogens (tertiary/aromatic N) is 1. The summed E-state index contributed by atoms with van der Waals surface area (Å²) >= 11 is 0. The number of hydrogen-bond acceptors (Lipinski definition) is 3. The molecule has 0 atom stereocenters. The van der Waals surface area contributed by atoms with E-state index in [-0.39, 0.29) is 17.3 Å². The standard InChI is InChI=1S/C23H25N3O2S.ClH/c1-2-26-22-6-4-3-5-20(22)21-15-18(9-12-23(21)26)16-25-14-13-17-7-10-19(11-8-17)29(24,27)28;/h3-12,15,25H,2,13-14,16H2,1H3,(H2,24,27,28);1H/p-1. The number of halogens is 1. The molecule has 1 heterocycles. The molecule has 3 N–H and O–H groups in total. The maximum atomic E-state index is 11.3. The molecule has 0 radical (unpaired) electrons. The molecule has 7 heteroatoms. The van der Waals surface area contributed by atoms with Crippen molar-refractivity contribution in [3.63, 3.8) is 0 Å². The number of primary sulfonamides is 1. The molecule has 0 saturated carbocycles. The lowest BCUT2D eigenvalue weighted by molar-refractivity contribution is -0.00000846. The lowest BCUT2D eigenvalue weighted by Gasteiger charge is -2.07. The number of fused-ring (bicyclic) bond motifs is 3. The molecule has 4 rings (SSSR count). The van der Waals surface area contributed by atoms with Crippen molar-refractivity contribution in [2.45, 2.75) is 31.3 Å². The zero-order valence-electron chi connectivity index (χ0n) is 16.8. The van der Waals surface area contributed by atoms with E-state index in [9.17, 15) is 8.42 Å². The Morgan fingerprint density at radius 2 is 1.57 bits per heavy atom. The molecule has 3 aromatic carbocycles. The molecule has 0 unspecified atom stereocenters. The van der Waals surface area contributed by atoms with Crippen LogP contribution in [0.5, 0.6) is 0 Å². The monoisotopic (exact) mass is 442 g/mol. The molecular formula is C23H25ClN3O2S-. The van der Waals surface area contributed by atoms with Crippen molar-refractivity contribution in [1.29, 1.82) is 0 Å². The molecule has 4 aromatic rings. The van der Waals surface area contributed by atoms with Crippen LogP contribution >= 0.6 is 0 Å². The summed E-state index contributed by atoms with van der Waals surface area (Å²) < 4.78 is 25.0. The Kier molecular flexibility index (Phi) is 6.83.